The second kappa shape index (κ2) is 6.09. The summed E-state index contributed by atoms with van der Waals surface area (Å²) in [5, 5.41) is 17.9. The molecule has 0 aliphatic rings. The van der Waals surface area contributed by atoms with Crippen molar-refractivity contribution >= 4 is 28.5 Å². The van der Waals surface area contributed by atoms with E-state index in [4.69, 9.17) is 10.0 Å². The Bertz CT molecular complexity index is 729. The minimum absolute atomic E-state index is 0.142. The van der Waals surface area contributed by atoms with Gasteiger partial charge in [0.2, 0.25) is 0 Å². The van der Waals surface area contributed by atoms with Gasteiger partial charge in [-0.1, -0.05) is 30.3 Å². The molecule has 2 rings (SSSR count). The molecule has 1 amide bonds. The Labute approximate surface area is 122 Å². The SMILES string of the molecule is O=C(NS(=O)(=O)c1ccc(B(O)O)cc1)c1ccccc1. The summed E-state index contributed by atoms with van der Waals surface area (Å²) in [6, 6.07) is 12.8. The van der Waals surface area contributed by atoms with E-state index in [0.717, 1.165) is 0 Å². The standard InChI is InChI=1S/C13H12BNO5S/c16-13(10-4-2-1-3-5-10)15-21(19,20)12-8-6-11(7-9-12)14(17)18/h1-9,17-18H,(H,15,16). The van der Waals surface area contributed by atoms with Crippen molar-refractivity contribution in [2.75, 3.05) is 0 Å². The van der Waals surface area contributed by atoms with E-state index in [1.165, 1.54) is 36.4 Å². The highest BCUT2D eigenvalue weighted by atomic mass is 32.2. The molecule has 108 valence electrons. The third-order valence-electron chi connectivity index (χ3n) is 2.75. The monoisotopic (exact) mass is 305 g/mol. The van der Waals surface area contributed by atoms with E-state index in [1.54, 1.807) is 18.2 Å². The van der Waals surface area contributed by atoms with Crippen LogP contribution in [-0.2, 0) is 10.0 Å². The second-order valence-corrected chi connectivity index (χ2v) is 5.93. The van der Waals surface area contributed by atoms with Crippen LogP contribution in [0.3, 0.4) is 0 Å². The Morgan fingerprint density at radius 2 is 1.52 bits per heavy atom. The van der Waals surface area contributed by atoms with Gasteiger partial charge in [0.15, 0.2) is 0 Å². The molecule has 2 aromatic rings. The number of carbonyl (C=O) groups is 1. The molecule has 0 unspecified atom stereocenters. The molecule has 2 aromatic carbocycles. The van der Waals surface area contributed by atoms with Crippen molar-refractivity contribution in [1.82, 2.24) is 4.72 Å². The number of amides is 1. The fourth-order valence-corrected chi connectivity index (χ4v) is 2.62. The molecule has 0 saturated carbocycles. The Kier molecular flexibility index (Phi) is 4.42. The van der Waals surface area contributed by atoms with Crippen LogP contribution in [-0.4, -0.2) is 31.5 Å². The molecule has 0 aliphatic heterocycles. The summed E-state index contributed by atoms with van der Waals surface area (Å²) in [6.07, 6.45) is 0. The van der Waals surface area contributed by atoms with Gasteiger partial charge < -0.3 is 10.0 Å². The highest BCUT2D eigenvalue weighted by Gasteiger charge is 2.19. The van der Waals surface area contributed by atoms with E-state index >= 15 is 0 Å². The summed E-state index contributed by atoms with van der Waals surface area (Å²) >= 11 is 0. The highest BCUT2D eigenvalue weighted by molar-refractivity contribution is 7.90. The molecular formula is C13H12BNO5S. The lowest BCUT2D eigenvalue weighted by Crippen LogP contribution is -2.32. The van der Waals surface area contributed by atoms with E-state index in [0.29, 0.717) is 0 Å². The molecule has 0 fully saturated rings. The maximum Gasteiger partial charge on any atom is 0.488 e. The van der Waals surface area contributed by atoms with Crippen molar-refractivity contribution in [3.05, 3.63) is 60.2 Å². The van der Waals surface area contributed by atoms with Crippen LogP contribution >= 0.6 is 0 Å². The number of rotatable bonds is 4. The molecule has 0 spiro atoms. The Balaban J connectivity index is 2.20. The van der Waals surface area contributed by atoms with Crippen molar-refractivity contribution in [1.29, 1.82) is 0 Å². The van der Waals surface area contributed by atoms with Crippen LogP contribution in [0.25, 0.3) is 0 Å². The van der Waals surface area contributed by atoms with Crippen LogP contribution in [0.1, 0.15) is 10.4 Å². The molecule has 0 aromatic heterocycles. The van der Waals surface area contributed by atoms with Crippen LogP contribution in [0, 0.1) is 0 Å². The normalized spacial score (nSPS) is 11.0. The highest BCUT2D eigenvalue weighted by Crippen LogP contribution is 2.08. The first-order valence-electron chi connectivity index (χ1n) is 5.98. The van der Waals surface area contributed by atoms with Gasteiger partial charge in [-0.25, -0.2) is 13.1 Å². The Morgan fingerprint density at radius 1 is 0.952 bits per heavy atom. The molecule has 6 nitrogen and oxygen atoms in total. The van der Waals surface area contributed by atoms with Gasteiger partial charge >= 0.3 is 7.12 Å². The lowest BCUT2D eigenvalue weighted by molar-refractivity contribution is 0.0981. The average Bonchev–Trinajstić information content (AvgIpc) is 2.48. The van der Waals surface area contributed by atoms with E-state index in [9.17, 15) is 13.2 Å². The van der Waals surface area contributed by atoms with Crippen LogP contribution in [0.2, 0.25) is 0 Å². The minimum atomic E-state index is -4.01. The molecule has 21 heavy (non-hydrogen) atoms. The summed E-state index contributed by atoms with van der Waals surface area (Å²) in [5.41, 5.74) is 0.381. The van der Waals surface area contributed by atoms with Gasteiger partial charge in [0.05, 0.1) is 4.90 Å². The summed E-state index contributed by atoms with van der Waals surface area (Å²) in [4.78, 5) is 11.7. The fourth-order valence-electron chi connectivity index (χ4n) is 1.65. The van der Waals surface area contributed by atoms with Crippen LogP contribution < -0.4 is 10.2 Å². The first-order chi connectivity index (χ1) is 9.90. The van der Waals surface area contributed by atoms with Gasteiger partial charge in [-0.2, -0.15) is 0 Å². The second-order valence-electron chi connectivity index (χ2n) is 4.24. The average molecular weight is 305 g/mol. The molecule has 0 aliphatic carbocycles. The Hall–Kier alpha value is -2.16. The molecule has 0 atom stereocenters. The molecular weight excluding hydrogens is 293 g/mol. The number of nitrogens with one attached hydrogen (secondary N) is 1. The first kappa shape index (κ1) is 15.2. The molecule has 0 heterocycles. The lowest BCUT2D eigenvalue weighted by Gasteiger charge is -2.07. The number of hydrogen-bond donors (Lipinski definition) is 3. The van der Waals surface area contributed by atoms with Crippen molar-refractivity contribution in [2.45, 2.75) is 4.90 Å². The summed E-state index contributed by atoms with van der Waals surface area (Å²) in [7, 11) is -5.69. The van der Waals surface area contributed by atoms with Crippen LogP contribution in [0.5, 0.6) is 0 Å². The van der Waals surface area contributed by atoms with E-state index in [1.807, 2.05) is 4.72 Å². The minimum Gasteiger partial charge on any atom is -0.423 e. The zero-order valence-electron chi connectivity index (χ0n) is 10.8. The third-order valence-corrected chi connectivity index (χ3v) is 4.10. The van der Waals surface area contributed by atoms with Gasteiger partial charge in [0.25, 0.3) is 15.9 Å². The summed E-state index contributed by atoms with van der Waals surface area (Å²) < 4.78 is 26.0. The van der Waals surface area contributed by atoms with E-state index in [2.05, 4.69) is 0 Å². The molecule has 3 N–H and O–H groups in total. The van der Waals surface area contributed by atoms with Gasteiger partial charge in [0, 0.05) is 5.56 Å². The Morgan fingerprint density at radius 3 is 2.05 bits per heavy atom. The molecule has 0 radical (unpaired) electrons. The first-order valence-corrected chi connectivity index (χ1v) is 7.47. The van der Waals surface area contributed by atoms with E-state index < -0.39 is 23.0 Å². The van der Waals surface area contributed by atoms with Crippen LogP contribution in [0.4, 0.5) is 0 Å². The number of hydrogen-bond acceptors (Lipinski definition) is 5. The van der Waals surface area contributed by atoms with Crippen molar-refractivity contribution in [2.24, 2.45) is 0 Å². The number of sulfonamides is 1. The van der Waals surface area contributed by atoms with Crippen molar-refractivity contribution in [3.63, 3.8) is 0 Å². The number of carbonyl (C=O) groups excluding carboxylic acids is 1. The predicted molar refractivity (Wildman–Crippen MR) is 77.4 cm³/mol. The maximum absolute atomic E-state index is 12.0. The zero-order valence-corrected chi connectivity index (χ0v) is 11.6. The van der Waals surface area contributed by atoms with Crippen molar-refractivity contribution < 1.29 is 23.3 Å². The largest absolute Gasteiger partial charge is 0.488 e. The summed E-state index contributed by atoms with van der Waals surface area (Å²) in [5.74, 6) is -0.734. The lowest BCUT2D eigenvalue weighted by atomic mass is 9.81. The smallest absolute Gasteiger partial charge is 0.423 e. The fraction of sp³-hybridized carbons (Fsp3) is 0. The third kappa shape index (κ3) is 3.69. The van der Waals surface area contributed by atoms with Gasteiger partial charge in [-0.15, -0.1) is 0 Å². The van der Waals surface area contributed by atoms with Crippen molar-refractivity contribution in [3.8, 4) is 0 Å². The topological polar surface area (TPSA) is 104 Å². The van der Waals surface area contributed by atoms with Gasteiger partial charge in [0.1, 0.15) is 0 Å². The van der Waals surface area contributed by atoms with E-state index in [-0.39, 0.29) is 15.9 Å². The predicted octanol–water partition coefficient (Wildman–Crippen LogP) is -0.515. The maximum atomic E-state index is 12.0. The van der Waals surface area contributed by atoms with Gasteiger partial charge in [-0.3, -0.25) is 4.79 Å². The molecule has 8 heteroatoms. The number of benzene rings is 2. The molecule has 0 saturated heterocycles. The van der Waals surface area contributed by atoms with Crippen LogP contribution in [0.15, 0.2) is 59.5 Å². The summed E-state index contributed by atoms with van der Waals surface area (Å²) in [6.45, 7) is 0. The van der Waals surface area contributed by atoms with Gasteiger partial charge in [-0.05, 0) is 29.7 Å². The quantitative estimate of drug-likeness (QED) is 0.660. The zero-order chi connectivity index (χ0) is 15.5. The molecule has 0 bridgehead atoms.